The Bertz CT molecular complexity index is 1010. The molecule has 1 saturated heterocycles. The van der Waals surface area contributed by atoms with Crippen LogP contribution in [0.25, 0.3) is 0 Å². The van der Waals surface area contributed by atoms with Gasteiger partial charge in [0.15, 0.2) is 0 Å². The molecule has 2 aromatic rings. The van der Waals surface area contributed by atoms with E-state index in [0.717, 1.165) is 29.9 Å². The zero-order valence-corrected chi connectivity index (χ0v) is 20.5. The van der Waals surface area contributed by atoms with Crippen LogP contribution in [0.3, 0.4) is 0 Å². The van der Waals surface area contributed by atoms with E-state index in [1.165, 1.54) is 18.3 Å². The van der Waals surface area contributed by atoms with Gasteiger partial charge in [-0.1, -0.05) is 20.8 Å². The first kappa shape index (κ1) is 24.8. The third-order valence-corrected chi connectivity index (χ3v) is 6.01. The van der Waals surface area contributed by atoms with Crippen LogP contribution in [-0.2, 0) is 11.3 Å². The molecule has 3 rings (SSSR count). The summed E-state index contributed by atoms with van der Waals surface area (Å²) in [6.07, 6.45) is 2.04. The Labute approximate surface area is 196 Å². The topological polar surface area (TPSA) is 65.5 Å². The summed E-state index contributed by atoms with van der Waals surface area (Å²) >= 11 is 0. The van der Waals surface area contributed by atoms with Crippen LogP contribution in [0.1, 0.15) is 61.3 Å². The lowest BCUT2D eigenvalue weighted by Crippen LogP contribution is -2.54. The highest BCUT2D eigenvalue weighted by molar-refractivity contribution is 6.04. The number of halogens is 1. The van der Waals surface area contributed by atoms with Crippen LogP contribution in [0, 0.1) is 25.1 Å². The number of benzene rings is 1. The molecule has 6 nitrogen and oxygen atoms in total. The van der Waals surface area contributed by atoms with Gasteiger partial charge in [-0.05, 0) is 61.6 Å². The van der Waals surface area contributed by atoms with Gasteiger partial charge in [-0.3, -0.25) is 19.5 Å². The Morgan fingerprint density at radius 1 is 1.18 bits per heavy atom. The minimum Gasteiger partial charge on any atom is -0.337 e. The maximum Gasteiger partial charge on any atom is 0.257 e. The van der Waals surface area contributed by atoms with Crippen LogP contribution in [0.15, 0.2) is 30.5 Å². The van der Waals surface area contributed by atoms with E-state index in [2.05, 4.69) is 42.9 Å². The first-order valence-electron chi connectivity index (χ1n) is 11.5. The van der Waals surface area contributed by atoms with Crippen molar-refractivity contribution in [1.29, 1.82) is 0 Å². The van der Waals surface area contributed by atoms with E-state index in [0.29, 0.717) is 30.8 Å². The fraction of sp³-hybridized carbons (Fsp3) is 0.500. The molecule has 2 amide bonds. The fourth-order valence-corrected chi connectivity index (χ4v) is 4.17. The van der Waals surface area contributed by atoms with Gasteiger partial charge in [-0.2, -0.15) is 0 Å². The number of amides is 2. The molecule has 1 aromatic heterocycles. The van der Waals surface area contributed by atoms with Crippen molar-refractivity contribution in [2.24, 2.45) is 5.41 Å². The average molecular weight is 455 g/mol. The van der Waals surface area contributed by atoms with Crippen molar-refractivity contribution in [1.82, 2.24) is 14.8 Å². The number of nitrogens with zero attached hydrogens (tertiary/aromatic N) is 3. The van der Waals surface area contributed by atoms with Crippen molar-refractivity contribution < 1.29 is 14.0 Å². The van der Waals surface area contributed by atoms with Gasteiger partial charge in [0, 0.05) is 56.2 Å². The number of nitrogens with one attached hydrogen (secondary N) is 1. The molecule has 1 unspecified atom stereocenters. The molecule has 1 fully saturated rings. The van der Waals surface area contributed by atoms with Gasteiger partial charge in [0.1, 0.15) is 5.82 Å². The van der Waals surface area contributed by atoms with Crippen LogP contribution < -0.4 is 5.32 Å². The quantitative estimate of drug-likeness (QED) is 0.719. The minimum atomic E-state index is -0.389. The van der Waals surface area contributed by atoms with E-state index < -0.39 is 0 Å². The Kier molecular flexibility index (Phi) is 7.52. The highest BCUT2D eigenvalue weighted by Gasteiger charge is 2.30. The number of anilines is 1. The molecular weight excluding hydrogens is 419 g/mol. The monoisotopic (exact) mass is 454 g/mol. The number of hydrogen-bond acceptors (Lipinski definition) is 4. The summed E-state index contributed by atoms with van der Waals surface area (Å²) in [6, 6.07) is 6.45. The highest BCUT2D eigenvalue weighted by Crippen LogP contribution is 2.26. The summed E-state index contributed by atoms with van der Waals surface area (Å²) in [5.41, 5.74) is 3.34. The lowest BCUT2D eigenvalue weighted by atomic mass is 9.91. The van der Waals surface area contributed by atoms with Crippen LogP contribution >= 0.6 is 0 Å². The molecule has 178 valence electrons. The van der Waals surface area contributed by atoms with Gasteiger partial charge in [-0.15, -0.1) is 0 Å². The normalized spacial score (nSPS) is 17.2. The van der Waals surface area contributed by atoms with Gasteiger partial charge in [0.05, 0.1) is 5.56 Å². The summed E-state index contributed by atoms with van der Waals surface area (Å²) in [5, 5.41) is 2.83. The molecule has 1 aliphatic rings. The number of hydrogen-bond donors (Lipinski definition) is 1. The van der Waals surface area contributed by atoms with E-state index in [-0.39, 0.29) is 29.1 Å². The Morgan fingerprint density at radius 2 is 1.91 bits per heavy atom. The fourth-order valence-electron chi connectivity index (χ4n) is 4.17. The van der Waals surface area contributed by atoms with Crippen LogP contribution in [-0.4, -0.2) is 52.3 Å². The molecule has 1 N–H and O–H groups in total. The smallest absolute Gasteiger partial charge is 0.257 e. The first-order valence-corrected chi connectivity index (χ1v) is 11.5. The van der Waals surface area contributed by atoms with Gasteiger partial charge in [0.2, 0.25) is 5.91 Å². The maximum absolute atomic E-state index is 14.4. The molecule has 1 atom stereocenters. The predicted molar refractivity (Wildman–Crippen MR) is 129 cm³/mol. The molecule has 0 radical (unpaired) electrons. The predicted octanol–water partition coefficient (Wildman–Crippen LogP) is 4.56. The number of aryl methyl sites for hydroxylation is 1. The molecule has 0 bridgehead atoms. The molecule has 1 aliphatic heterocycles. The largest absolute Gasteiger partial charge is 0.337 e. The number of pyridine rings is 1. The van der Waals surface area contributed by atoms with Crippen LogP contribution in [0.5, 0.6) is 0 Å². The highest BCUT2D eigenvalue weighted by atomic mass is 19.1. The van der Waals surface area contributed by atoms with Gasteiger partial charge >= 0.3 is 0 Å². The van der Waals surface area contributed by atoms with E-state index in [4.69, 9.17) is 0 Å². The number of piperazine rings is 1. The molecule has 1 aromatic carbocycles. The van der Waals surface area contributed by atoms with Gasteiger partial charge in [-0.25, -0.2) is 4.39 Å². The maximum atomic E-state index is 14.4. The molecule has 33 heavy (non-hydrogen) atoms. The zero-order valence-electron chi connectivity index (χ0n) is 20.5. The van der Waals surface area contributed by atoms with Crippen LogP contribution in [0.4, 0.5) is 10.1 Å². The van der Waals surface area contributed by atoms with Crippen molar-refractivity contribution >= 4 is 17.5 Å². The number of rotatable bonds is 5. The van der Waals surface area contributed by atoms with E-state index in [1.807, 2.05) is 18.7 Å². The van der Waals surface area contributed by atoms with Crippen molar-refractivity contribution in [3.05, 3.63) is 58.7 Å². The van der Waals surface area contributed by atoms with Crippen molar-refractivity contribution in [2.75, 3.05) is 25.0 Å². The lowest BCUT2D eigenvalue weighted by Gasteiger charge is -2.41. The Hall–Kier alpha value is -2.80. The van der Waals surface area contributed by atoms with Gasteiger partial charge in [0.25, 0.3) is 5.91 Å². The third-order valence-electron chi connectivity index (χ3n) is 6.01. The molecular formula is C26H35FN4O2. The van der Waals surface area contributed by atoms with Crippen molar-refractivity contribution in [3.8, 4) is 0 Å². The zero-order chi connectivity index (χ0) is 24.3. The molecule has 0 aliphatic carbocycles. The van der Waals surface area contributed by atoms with Gasteiger partial charge < -0.3 is 10.2 Å². The summed E-state index contributed by atoms with van der Waals surface area (Å²) in [5.74, 6) is -0.520. The SMILES string of the molecule is Cc1ccc(C(=O)Nc2cc(F)cc(CN3CCN(C(=O)CC(C)(C)C)C(C)C3)c2C)cn1. The second kappa shape index (κ2) is 10.00. The second-order valence-electron chi connectivity index (χ2n) is 10.3. The Balaban J connectivity index is 1.68. The standard InChI is InChI=1S/C26H35FN4O2/c1-17-7-8-20(14-28-17)25(33)29-23-12-22(27)11-21(19(23)3)16-30-9-10-31(18(2)15-30)24(32)13-26(4,5)6/h7-8,11-12,14,18H,9-10,13,15-16H2,1-6H3,(H,29,33). The molecule has 0 saturated carbocycles. The lowest BCUT2D eigenvalue weighted by molar-refractivity contribution is -0.137. The van der Waals surface area contributed by atoms with Crippen molar-refractivity contribution in [3.63, 3.8) is 0 Å². The van der Waals surface area contributed by atoms with E-state index in [9.17, 15) is 14.0 Å². The average Bonchev–Trinajstić information content (AvgIpc) is 2.70. The molecule has 7 heteroatoms. The number of aromatic nitrogens is 1. The summed E-state index contributed by atoms with van der Waals surface area (Å²) in [6.45, 7) is 14.7. The second-order valence-corrected chi connectivity index (χ2v) is 10.3. The first-order chi connectivity index (χ1) is 15.4. The summed E-state index contributed by atoms with van der Waals surface area (Å²) in [4.78, 5) is 33.6. The molecule has 0 spiro atoms. The number of carbonyl (C=O) groups excluding carboxylic acids is 2. The van der Waals surface area contributed by atoms with Crippen molar-refractivity contribution in [2.45, 2.75) is 60.5 Å². The Morgan fingerprint density at radius 3 is 2.52 bits per heavy atom. The molecule has 2 heterocycles. The number of carbonyl (C=O) groups is 2. The third kappa shape index (κ3) is 6.60. The summed E-state index contributed by atoms with van der Waals surface area (Å²) in [7, 11) is 0. The van der Waals surface area contributed by atoms with E-state index >= 15 is 0 Å². The minimum absolute atomic E-state index is 0.0396. The van der Waals surface area contributed by atoms with Crippen LogP contribution in [0.2, 0.25) is 0 Å². The van der Waals surface area contributed by atoms with E-state index in [1.54, 1.807) is 12.1 Å². The summed E-state index contributed by atoms with van der Waals surface area (Å²) < 4.78 is 14.4.